The lowest BCUT2D eigenvalue weighted by molar-refractivity contribution is 0.660. The van der Waals surface area contributed by atoms with Gasteiger partial charge in [0, 0.05) is 32.9 Å². The van der Waals surface area contributed by atoms with E-state index >= 15 is 0 Å². The Hall–Kier alpha value is -7.62. The first-order chi connectivity index (χ1) is 29.5. The Morgan fingerprint density at radius 1 is 0.350 bits per heavy atom. The third-order valence-electron chi connectivity index (χ3n) is 12.7. The Balaban J connectivity index is 1.05. The standard InChI is InChI=1S/C57H39NO2/c1-57(2)49-29-24-39(36-13-5-3-6-14-36)32-47(49)44-28-26-43(35-50(44)57)58(42-18-11-17-38(31-42)40-25-30-53-48(33-40)45-19-9-10-21-52(45)59-53)51-20-12-22-54-56(51)46-27-23-41(34-55(46)60-54)37-15-7-4-8-16-37/h3-35H,1-2H3. The minimum atomic E-state index is -0.200. The molecule has 1 aliphatic rings. The normalized spacial score (nSPS) is 13.0. The summed E-state index contributed by atoms with van der Waals surface area (Å²) in [5, 5.41) is 4.41. The maximum atomic E-state index is 6.70. The number of hydrogen-bond acceptors (Lipinski definition) is 3. The van der Waals surface area contributed by atoms with Crippen LogP contribution in [0.2, 0.25) is 0 Å². The molecule has 60 heavy (non-hydrogen) atoms. The molecule has 3 heteroatoms. The number of nitrogens with zero attached hydrogens (tertiary/aromatic N) is 1. The fraction of sp³-hybridized carbons (Fsp3) is 0.0526. The summed E-state index contributed by atoms with van der Waals surface area (Å²) in [6.45, 7) is 4.72. The van der Waals surface area contributed by atoms with Crippen molar-refractivity contribution in [3.8, 4) is 44.5 Å². The molecule has 0 spiro atoms. The summed E-state index contributed by atoms with van der Waals surface area (Å²) in [4.78, 5) is 2.42. The molecule has 2 aromatic heterocycles. The minimum absolute atomic E-state index is 0.200. The number of para-hydroxylation sites is 1. The van der Waals surface area contributed by atoms with E-state index in [-0.39, 0.29) is 5.41 Å². The molecule has 3 nitrogen and oxygen atoms in total. The highest BCUT2D eigenvalue weighted by atomic mass is 16.3. The summed E-state index contributed by atoms with van der Waals surface area (Å²) in [7, 11) is 0. The van der Waals surface area contributed by atoms with Crippen LogP contribution in [0.25, 0.3) is 88.4 Å². The Bertz CT molecular complexity index is 3460. The molecular weight excluding hydrogens is 731 g/mol. The summed E-state index contributed by atoms with van der Waals surface area (Å²) in [6.07, 6.45) is 0. The molecule has 0 atom stereocenters. The molecule has 1 aliphatic carbocycles. The molecule has 0 amide bonds. The number of benzene rings is 9. The van der Waals surface area contributed by atoms with E-state index in [0.717, 1.165) is 83.2 Å². The largest absolute Gasteiger partial charge is 0.456 e. The van der Waals surface area contributed by atoms with Crippen LogP contribution < -0.4 is 4.90 Å². The fourth-order valence-corrected chi connectivity index (χ4v) is 9.65. The molecule has 0 fully saturated rings. The molecule has 0 saturated carbocycles. The molecule has 0 radical (unpaired) electrons. The molecular formula is C57H39NO2. The van der Waals surface area contributed by atoms with E-state index in [1.165, 1.54) is 33.4 Å². The van der Waals surface area contributed by atoms with Gasteiger partial charge in [-0.25, -0.2) is 0 Å². The van der Waals surface area contributed by atoms with Gasteiger partial charge in [-0.3, -0.25) is 0 Å². The van der Waals surface area contributed by atoms with Crippen molar-refractivity contribution in [1.82, 2.24) is 0 Å². The first-order valence-corrected chi connectivity index (χ1v) is 20.7. The Morgan fingerprint density at radius 2 is 0.967 bits per heavy atom. The van der Waals surface area contributed by atoms with Crippen LogP contribution in [-0.2, 0) is 5.41 Å². The highest BCUT2D eigenvalue weighted by Crippen LogP contribution is 2.52. The maximum absolute atomic E-state index is 6.70. The van der Waals surface area contributed by atoms with Gasteiger partial charge >= 0.3 is 0 Å². The smallest absolute Gasteiger partial charge is 0.137 e. The van der Waals surface area contributed by atoms with Crippen molar-refractivity contribution >= 4 is 60.9 Å². The summed E-state index contributed by atoms with van der Waals surface area (Å²) >= 11 is 0. The van der Waals surface area contributed by atoms with E-state index in [1.54, 1.807) is 0 Å². The predicted octanol–water partition coefficient (Wildman–Crippen LogP) is 16.3. The summed E-state index contributed by atoms with van der Waals surface area (Å²) < 4.78 is 12.9. The Kier molecular flexibility index (Phi) is 7.58. The molecule has 11 aromatic rings. The van der Waals surface area contributed by atoms with Gasteiger partial charge in [0.15, 0.2) is 0 Å². The van der Waals surface area contributed by atoms with Crippen LogP contribution in [0.5, 0.6) is 0 Å². The molecule has 0 saturated heterocycles. The number of furan rings is 2. The second-order valence-corrected chi connectivity index (χ2v) is 16.5. The highest BCUT2D eigenvalue weighted by Gasteiger charge is 2.36. The van der Waals surface area contributed by atoms with E-state index in [2.05, 4.69) is 207 Å². The zero-order chi connectivity index (χ0) is 40.0. The topological polar surface area (TPSA) is 29.5 Å². The van der Waals surface area contributed by atoms with Crippen molar-refractivity contribution < 1.29 is 8.83 Å². The van der Waals surface area contributed by atoms with Crippen LogP contribution in [0.15, 0.2) is 209 Å². The van der Waals surface area contributed by atoms with Crippen molar-refractivity contribution in [3.05, 3.63) is 211 Å². The molecule has 0 N–H and O–H groups in total. The summed E-state index contributed by atoms with van der Waals surface area (Å²) in [5.74, 6) is 0. The highest BCUT2D eigenvalue weighted by molar-refractivity contribution is 6.14. The van der Waals surface area contributed by atoms with Gasteiger partial charge in [0.1, 0.15) is 22.3 Å². The molecule has 9 aromatic carbocycles. The van der Waals surface area contributed by atoms with Crippen LogP contribution in [-0.4, -0.2) is 0 Å². The van der Waals surface area contributed by atoms with Crippen molar-refractivity contribution in [2.45, 2.75) is 19.3 Å². The van der Waals surface area contributed by atoms with Crippen LogP contribution in [0.4, 0.5) is 17.1 Å². The quantitative estimate of drug-likeness (QED) is 0.169. The molecule has 284 valence electrons. The third-order valence-corrected chi connectivity index (χ3v) is 12.7. The number of rotatable bonds is 6. The van der Waals surface area contributed by atoms with Crippen LogP contribution >= 0.6 is 0 Å². The zero-order valence-electron chi connectivity index (χ0n) is 33.3. The van der Waals surface area contributed by atoms with Crippen molar-refractivity contribution in [2.24, 2.45) is 0 Å². The van der Waals surface area contributed by atoms with Crippen LogP contribution in [0.1, 0.15) is 25.0 Å². The van der Waals surface area contributed by atoms with Gasteiger partial charge in [-0.1, -0.05) is 141 Å². The van der Waals surface area contributed by atoms with Crippen molar-refractivity contribution in [3.63, 3.8) is 0 Å². The van der Waals surface area contributed by atoms with Gasteiger partial charge in [0.25, 0.3) is 0 Å². The molecule has 0 bridgehead atoms. The van der Waals surface area contributed by atoms with E-state index in [0.29, 0.717) is 0 Å². The second kappa shape index (κ2) is 13.2. The van der Waals surface area contributed by atoms with Crippen molar-refractivity contribution in [1.29, 1.82) is 0 Å². The second-order valence-electron chi connectivity index (χ2n) is 16.5. The SMILES string of the molecule is CC1(C)c2ccc(-c3ccccc3)cc2-c2ccc(N(c3cccc(-c4ccc5oc6ccccc6c5c4)c3)c3cccc4oc5cc(-c6ccccc6)ccc5c34)cc21. The van der Waals surface area contributed by atoms with Crippen LogP contribution in [0.3, 0.4) is 0 Å². The lowest BCUT2D eigenvalue weighted by Gasteiger charge is -2.29. The van der Waals surface area contributed by atoms with Gasteiger partial charge in [-0.15, -0.1) is 0 Å². The molecule has 12 rings (SSSR count). The number of hydrogen-bond donors (Lipinski definition) is 0. The number of anilines is 3. The first kappa shape index (κ1) is 34.4. The van der Waals surface area contributed by atoms with E-state index in [9.17, 15) is 0 Å². The number of fused-ring (bicyclic) bond motifs is 9. The average Bonchev–Trinajstić information content (AvgIpc) is 3.94. The average molecular weight is 770 g/mol. The molecule has 2 heterocycles. The fourth-order valence-electron chi connectivity index (χ4n) is 9.65. The first-order valence-electron chi connectivity index (χ1n) is 20.7. The predicted molar refractivity (Wildman–Crippen MR) is 250 cm³/mol. The summed E-state index contributed by atoms with van der Waals surface area (Å²) in [6, 6.07) is 72.0. The molecule has 0 aliphatic heterocycles. The Labute approximate surface area is 348 Å². The van der Waals surface area contributed by atoms with Crippen molar-refractivity contribution in [2.75, 3.05) is 4.90 Å². The van der Waals surface area contributed by atoms with E-state index in [1.807, 2.05) is 12.1 Å². The monoisotopic (exact) mass is 769 g/mol. The summed E-state index contributed by atoms with van der Waals surface area (Å²) in [5.41, 5.74) is 18.8. The van der Waals surface area contributed by atoms with Gasteiger partial charge in [0.2, 0.25) is 0 Å². The Morgan fingerprint density at radius 3 is 1.80 bits per heavy atom. The maximum Gasteiger partial charge on any atom is 0.137 e. The van der Waals surface area contributed by atoms with Gasteiger partial charge < -0.3 is 13.7 Å². The third kappa shape index (κ3) is 5.36. The van der Waals surface area contributed by atoms with Gasteiger partial charge in [0.05, 0.1) is 11.1 Å². The van der Waals surface area contributed by atoms with E-state index in [4.69, 9.17) is 8.83 Å². The van der Waals surface area contributed by atoms with Crippen LogP contribution in [0, 0.1) is 0 Å². The van der Waals surface area contributed by atoms with E-state index < -0.39 is 0 Å². The lowest BCUT2D eigenvalue weighted by Crippen LogP contribution is -2.16. The minimum Gasteiger partial charge on any atom is -0.456 e. The molecule has 0 unspecified atom stereocenters. The lowest BCUT2D eigenvalue weighted by atomic mass is 9.82. The van der Waals surface area contributed by atoms with Gasteiger partial charge in [-0.05, 0) is 128 Å². The van der Waals surface area contributed by atoms with Gasteiger partial charge in [-0.2, -0.15) is 0 Å². The zero-order valence-corrected chi connectivity index (χ0v) is 33.3.